The van der Waals surface area contributed by atoms with Crippen LogP contribution in [0.5, 0.6) is 0 Å². The Kier molecular flexibility index (Phi) is 8.56. The minimum atomic E-state index is 0.229. The highest BCUT2D eigenvalue weighted by molar-refractivity contribution is 5.79. The summed E-state index contributed by atoms with van der Waals surface area (Å²) in [6, 6.07) is 7.64. The maximum Gasteiger partial charge on any atom is 0.226 e. The first-order valence-electron chi connectivity index (χ1n) is 8.29. The normalized spacial score (nSPS) is 10.6. The lowest BCUT2D eigenvalue weighted by atomic mass is 10.1. The molecular weight excluding hydrogens is 260 g/mol. The van der Waals surface area contributed by atoms with E-state index in [9.17, 15) is 4.79 Å². The molecule has 1 aromatic carbocycles. The fourth-order valence-electron chi connectivity index (χ4n) is 2.46. The van der Waals surface area contributed by atoms with Crippen LogP contribution in [0, 0.1) is 0 Å². The Hall–Kier alpha value is -1.51. The number of amides is 1. The Bertz CT molecular complexity index is 407. The lowest BCUT2D eigenvalue weighted by Crippen LogP contribution is -2.34. The molecule has 0 saturated heterocycles. The highest BCUT2D eigenvalue weighted by Crippen LogP contribution is 2.10. The van der Waals surface area contributed by atoms with E-state index >= 15 is 0 Å². The largest absolute Gasteiger partial charge is 0.399 e. The third kappa shape index (κ3) is 7.16. The molecule has 1 amide bonds. The van der Waals surface area contributed by atoms with Crippen LogP contribution in [0.2, 0.25) is 0 Å². The second kappa shape index (κ2) is 10.3. The van der Waals surface area contributed by atoms with Gasteiger partial charge in [-0.3, -0.25) is 4.79 Å². The summed E-state index contributed by atoms with van der Waals surface area (Å²) in [4.78, 5) is 14.5. The molecule has 0 heterocycles. The number of carbonyl (C=O) groups excluding carboxylic acids is 1. The minimum Gasteiger partial charge on any atom is -0.399 e. The van der Waals surface area contributed by atoms with Gasteiger partial charge >= 0.3 is 0 Å². The second-order valence-corrected chi connectivity index (χ2v) is 5.72. The van der Waals surface area contributed by atoms with E-state index in [0.717, 1.165) is 37.2 Å². The standard InChI is InChI=1S/C18H30N2O/c1-3-5-7-12-20(13-8-6-4-2)18(21)15-16-10-9-11-17(19)14-16/h9-11,14H,3-8,12-13,15,19H2,1-2H3. The van der Waals surface area contributed by atoms with Crippen molar-refractivity contribution in [1.82, 2.24) is 4.90 Å². The van der Waals surface area contributed by atoms with E-state index in [0.29, 0.717) is 6.42 Å². The summed E-state index contributed by atoms with van der Waals surface area (Å²) in [5.41, 5.74) is 7.52. The highest BCUT2D eigenvalue weighted by Gasteiger charge is 2.13. The number of carbonyl (C=O) groups is 1. The monoisotopic (exact) mass is 290 g/mol. The van der Waals surface area contributed by atoms with Crippen molar-refractivity contribution in [2.45, 2.75) is 58.8 Å². The van der Waals surface area contributed by atoms with Gasteiger partial charge in [0.05, 0.1) is 6.42 Å². The zero-order valence-electron chi connectivity index (χ0n) is 13.6. The van der Waals surface area contributed by atoms with Crippen molar-refractivity contribution in [2.24, 2.45) is 0 Å². The molecule has 21 heavy (non-hydrogen) atoms. The first kappa shape index (κ1) is 17.5. The van der Waals surface area contributed by atoms with Gasteiger partial charge in [-0.2, -0.15) is 0 Å². The van der Waals surface area contributed by atoms with Gasteiger partial charge in [0.25, 0.3) is 0 Å². The third-order valence-corrected chi connectivity index (χ3v) is 3.72. The Morgan fingerprint density at radius 1 is 1.05 bits per heavy atom. The summed E-state index contributed by atoms with van der Waals surface area (Å²) in [6.45, 7) is 6.16. The van der Waals surface area contributed by atoms with Gasteiger partial charge < -0.3 is 10.6 Å². The number of nitrogen functional groups attached to an aromatic ring is 1. The number of benzene rings is 1. The molecule has 0 fully saturated rings. The number of unbranched alkanes of at least 4 members (excludes halogenated alkanes) is 4. The maximum atomic E-state index is 12.5. The molecule has 1 aromatic rings. The number of anilines is 1. The van der Waals surface area contributed by atoms with E-state index in [2.05, 4.69) is 13.8 Å². The van der Waals surface area contributed by atoms with Gasteiger partial charge in [0.1, 0.15) is 0 Å². The molecule has 0 unspecified atom stereocenters. The number of rotatable bonds is 10. The van der Waals surface area contributed by atoms with Crippen molar-refractivity contribution in [1.29, 1.82) is 0 Å². The summed E-state index contributed by atoms with van der Waals surface area (Å²) in [6.07, 6.45) is 7.42. The summed E-state index contributed by atoms with van der Waals surface area (Å²) in [5, 5.41) is 0. The summed E-state index contributed by atoms with van der Waals surface area (Å²) in [5.74, 6) is 0.229. The first-order chi connectivity index (χ1) is 10.2. The number of hydrogen-bond donors (Lipinski definition) is 1. The van der Waals surface area contributed by atoms with Crippen LogP contribution in [0.15, 0.2) is 24.3 Å². The Morgan fingerprint density at radius 3 is 2.19 bits per heavy atom. The van der Waals surface area contributed by atoms with Crippen LogP contribution in [0.25, 0.3) is 0 Å². The van der Waals surface area contributed by atoms with Crippen molar-refractivity contribution < 1.29 is 4.79 Å². The molecule has 1 rings (SSSR count). The molecule has 0 atom stereocenters. The minimum absolute atomic E-state index is 0.229. The zero-order chi connectivity index (χ0) is 15.5. The lowest BCUT2D eigenvalue weighted by molar-refractivity contribution is -0.130. The van der Waals surface area contributed by atoms with Crippen LogP contribution >= 0.6 is 0 Å². The number of hydrogen-bond acceptors (Lipinski definition) is 2. The predicted octanol–water partition coefficient (Wildman–Crippen LogP) is 4.02. The zero-order valence-corrected chi connectivity index (χ0v) is 13.6. The summed E-state index contributed by atoms with van der Waals surface area (Å²) >= 11 is 0. The van der Waals surface area contributed by atoms with E-state index in [4.69, 9.17) is 5.73 Å². The molecule has 3 nitrogen and oxygen atoms in total. The SMILES string of the molecule is CCCCCN(CCCCC)C(=O)Cc1cccc(N)c1. The fourth-order valence-corrected chi connectivity index (χ4v) is 2.46. The van der Waals surface area contributed by atoms with E-state index in [1.165, 1.54) is 25.7 Å². The predicted molar refractivity (Wildman–Crippen MR) is 90.2 cm³/mol. The van der Waals surface area contributed by atoms with E-state index in [1.807, 2.05) is 29.2 Å². The third-order valence-electron chi connectivity index (χ3n) is 3.72. The quantitative estimate of drug-likeness (QED) is 0.522. The van der Waals surface area contributed by atoms with Crippen LogP contribution < -0.4 is 5.73 Å². The molecule has 0 spiro atoms. The molecule has 3 heteroatoms. The average Bonchev–Trinajstić information content (AvgIpc) is 2.46. The van der Waals surface area contributed by atoms with Crippen LogP contribution in [0.1, 0.15) is 57.9 Å². The number of nitrogens with two attached hydrogens (primary N) is 1. The smallest absolute Gasteiger partial charge is 0.226 e. The van der Waals surface area contributed by atoms with Crippen molar-refractivity contribution in [3.05, 3.63) is 29.8 Å². The van der Waals surface area contributed by atoms with Gasteiger partial charge in [0.15, 0.2) is 0 Å². The van der Waals surface area contributed by atoms with Crippen molar-refractivity contribution >= 4 is 11.6 Å². The number of nitrogens with zero attached hydrogens (tertiary/aromatic N) is 1. The first-order valence-corrected chi connectivity index (χ1v) is 8.29. The van der Waals surface area contributed by atoms with Gasteiger partial charge in [-0.05, 0) is 30.5 Å². The molecule has 0 aliphatic rings. The van der Waals surface area contributed by atoms with Crippen molar-refractivity contribution in [2.75, 3.05) is 18.8 Å². The van der Waals surface area contributed by atoms with Crippen molar-refractivity contribution in [3.8, 4) is 0 Å². The Morgan fingerprint density at radius 2 is 1.67 bits per heavy atom. The van der Waals surface area contributed by atoms with Crippen LogP contribution in [-0.4, -0.2) is 23.9 Å². The molecule has 0 bridgehead atoms. The molecule has 0 radical (unpaired) electrons. The van der Waals surface area contributed by atoms with Crippen molar-refractivity contribution in [3.63, 3.8) is 0 Å². The molecule has 118 valence electrons. The fraction of sp³-hybridized carbons (Fsp3) is 0.611. The van der Waals surface area contributed by atoms with E-state index < -0.39 is 0 Å². The summed E-state index contributed by atoms with van der Waals surface area (Å²) in [7, 11) is 0. The topological polar surface area (TPSA) is 46.3 Å². The van der Waals surface area contributed by atoms with Gasteiger partial charge in [-0.15, -0.1) is 0 Å². The van der Waals surface area contributed by atoms with E-state index in [-0.39, 0.29) is 5.91 Å². The van der Waals surface area contributed by atoms with Gasteiger partial charge in [0, 0.05) is 18.8 Å². The van der Waals surface area contributed by atoms with Crippen LogP contribution in [0.3, 0.4) is 0 Å². The molecule has 0 aliphatic carbocycles. The Balaban J connectivity index is 2.55. The van der Waals surface area contributed by atoms with E-state index in [1.54, 1.807) is 0 Å². The van der Waals surface area contributed by atoms with Crippen LogP contribution in [0.4, 0.5) is 5.69 Å². The lowest BCUT2D eigenvalue weighted by Gasteiger charge is -2.23. The van der Waals surface area contributed by atoms with Gasteiger partial charge in [-0.25, -0.2) is 0 Å². The average molecular weight is 290 g/mol. The molecule has 2 N–H and O–H groups in total. The second-order valence-electron chi connectivity index (χ2n) is 5.72. The molecule has 0 aliphatic heterocycles. The molecule has 0 aromatic heterocycles. The van der Waals surface area contributed by atoms with Crippen LogP contribution in [-0.2, 0) is 11.2 Å². The summed E-state index contributed by atoms with van der Waals surface area (Å²) < 4.78 is 0. The maximum absolute atomic E-state index is 12.5. The highest BCUT2D eigenvalue weighted by atomic mass is 16.2. The molecular formula is C18H30N2O. The van der Waals surface area contributed by atoms with Gasteiger partial charge in [-0.1, -0.05) is 51.7 Å². The van der Waals surface area contributed by atoms with Gasteiger partial charge in [0.2, 0.25) is 5.91 Å². The molecule has 0 saturated carbocycles. The Labute approximate surface area is 129 Å².